The van der Waals surface area contributed by atoms with Crippen LogP contribution in [0.2, 0.25) is 0 Å². The van der Waals surface area contributed by atoms with Crippen molar-refractivity contribution in [1.82, 2.24) is 0 Å². The van der Waals surface area contributed by atoms with Crippen LogP contribution in [0.1, 0.15) is 15.9 Å². The molecule has 0 aliphatic carbocycles. The molecule has 0 aromatic heterocycles. The molecule has 2 N–H and O–H groups in total. The average molecular weight is 188 g/mol. The van der Waals surface area contributed by atoms with Gasteiger partial charge in [-0.15, -0.1) is 0 Å². The number of phenols is 1. The summed E-state index contributed by atoms with van der Waals surface area (Å²) in [6.07, 6.45) is 0. The Morgan fingerprint density at radius 3 is 2.46 bits per heavy atom. The van der Waals surface area contributed by atoms with Crippen LogP contribution in [-0.4, -0.2) is 16.2 Å². The number of rotatable bonds is 1. The molecule has 0 fully saturated rings. The van der Waals surface area contributed by atoms with Gasteiger partial charge in [-0.3, -0.25) is 0 Å². The summed E-state index contributed by atoms with van der Waals surface area (Å²) in [6, 6.07) is 0.571. The summed E-state index contributed by atoms with van der Waals surface area (Å²) in [7, 11) is 0. The van der Waals surface area contributed by atoms with Crippen LogP contribution in [0, 0.1) is 18.6 Å². The van der Waals surface area contributed by atoms with Gasteiger partial charge in [0.05, 0.1) is 0 Å². The van der Waals surface area contributed by atoms with Crippen molar-refractivity contribution in [2.24, 2.45) is 0 Å². The molecule has 3 nitrogen and oxygen atoms in total. The Morgan fingerprint density at radius 2 is 2.00 bits per heavy atom. The van der Waals surface area contributed by atoms with E-state index in [1.165, 1.54) is 0 Å². The predicted octanol–water partition coefficient (Wildman–Crippen LogP) is 1.68. The molecule has 0 saturated carbocycles. The van der Waals surface area contributed by atoms with E-state index in [1.54, 1.807) is 0 Å². The molecular weight excluding hydrogens is 182 g/mol. The van der Waals surface area contributed by atoms with Crippen molar-refractivity contribution in [2.75, 3.05) is 0 Å². The third kappa shape index (κ3) is 1.44. The van der Waals surface area contributed by atoms with E-state index in [2.05, 4.69) is 0 Å². The topological polar surface area (TPSA) is 57.5 Å². The fourth-order valence-electron chi connectivity index (χ4n) is 0.901. The van der Waals surface area contributed by atoms with E-state index in [0.29, 0.717) is 6.07 Å². The molecule has 0 saturated heterocycles. The smallest absolute Gasteiger partial charge is 0.341 e. The van der Waals surface area contributed by atoms with Gasteiger partial charge in [0.25, 0.3) is 0 Å². The highest BCUT2D eigenvalue weighted by Crippen LogP contribution is 2.24. The van der Waals surface area contributed by atoms with E-state index in [1.807, 2.05) is 0 Å². The van der Waals surface area contributed by atoms with Crippen LogP contribution in [0.15, 0.2) is 6.07 Å². The summed E-state index contributed by atoms with van der Waals surface area (Å²) < 4.78 is 25.8. The number of benzene rings is 1. The minimum Gasteiger partial charge on any atom is -0.507 e. The Bertz CT molecular complexity index is 374. The molecule has 0 atom stereocenters. The maximum Gasteiger partial charge on any atom is 0.341 e. The van der Waals surface area contributed by atoms with E-state index in [9.17, 15) is 13.6 Å². The second-order valence-corrected chi connectivity index (χ2v) is 2.50. The van der Waals surface area contributed by atoms with Gasteiger partial charge in [0, 0.05) is 11.6 Å². The fourth-order valence-corrected chi connectivity index (χ4v) is 0.901. The van der Waals surface area contributed by atoms with Crippen LogP contribution in [0.5, 0.6) is 5.75 Å². The van der Waals surface area contributed by atoms with E-state index < -0.39 is 28.9 Å². The number of carbonyl (C=O) groups is 1. The Labute approximate surface area is 72.2 Å². The quantitative estimate of drug-likeness (QED) is 0.704. The summed E-state index contributed by atoms with van der Waals surface area (Å²) >= 11 is 0. The molecule has 13 heavy (non-hydrogen) atoms. The highest BCUT2D eigenvalue weighted by molar-refractivity contribution is 5.88. The molecular formula is C8H6F2O3. The number of halogens is 2. The van der Waals surface area contributed by atoms with E-state index >= 15 is 0 Å². The minimum absolute atomic E-state index is 0.279. The summed E-state index contributed by atoms with van der Waals surface area (Å²) in [4.78, 5) is 10.3. The summed E-state index contributed by atoms with van der Waals surface area (Å²) in [6.45, 7) is 1.16. The molecule has 0 aliphatic rings. The average Bonchev–Trinajstić information content (AvgIpc) is 1.99. The SMILES string of the molecule is Cc1c(O)cc(F)c(C(=O)O)c1F. The van der Waals surface area contributed by atoms with Crippen molar-refractivity contribution in [3.8, 4) is 5.75 Å². The summed E-state index contributed by atoms with van der Waals surface area (Å²) in [5.74, 6) is -4.82. The van der Waals surface area contributed by atoms with Crippen molar-refractivity contribution >= 4 is 5.97 Å². The Balaban J connectivity index is 3.53. The molecule has 5 heteroatoms. The van der Waals surface area contributed by atoms with Crippen molar-refractivity contribution in [3.05, 3.63) is 28.8 Å². The molecule has 70 valence electrons. The summed E-state index contributed by atoms with van der Waals surface area (Å²) in [5, 5.41) is 17.3. The first-order chi connectivity index (χ1) is 5.95. The maximum absolute atomic E-state index is 13.0. The third-order valence-corrected chi connectivity index (χ3v) is 1.65. The number of carboxylic acid groups (broad SMARTS) is 1. The molecule has 0 amide bonds. The molecule has 0 aliphatic heterocycles. The van der Waals surface area contributed by atoms with Gasteiger partial charge in [-0.05, 0) is 6.92 Å². The molecule has 0 heterocycles. The van der Waals surface area contributed by atoms with Crippen molar-refractivity contribution in [2.45, 2.75) is 6.92 Å². The number of aromatic carboxylic acids is 1. The number of carboxylic acids is 1. The van der Waals surface area contributed by atoms with Gasteiger partial charge in [0.1, 0.15) is 22.9 Å². The fraction of sp³-hybridized carbons (Fsp3) is 0.125. The highest BCUT2D eigenvalue weighted by Gasteiger charge is 2.20. The van der Waals surface area contributed by atoms with Gasteiger partial charge in [-0.25, -0.2) is 13.6 Å². The van der Waals surface area contributed by atoms with Crippen LogP contribution in [0.3, 0.4) is 0 Å². The van der Waals surface area contributed by atoms with Crippen LogP contribution in [-0.2, 0) is 0 Å². The van der Waals surface area contributed by atoms with Gasteiger partial charge in [-0.1, -0.05) is 0 Å². The van der Waals surface area contributed by atoms with E-state index in [4.69, 9.17) is 10.2 Å². The third-order valence-electron chi connectivity index (χ3n) is 1.65. The van der Waals surface area contributed by atoms with Gasteiger partial charge < -0.3 is 10.2 Å². The van der Waals surface area contributed by atoms with Gasteiger partial charge in [0.2, 0.25) is 0 Å². The first kappa shape index (κ1) is 9.44. The number of hydrogen-bond acceptors (Lipinski definition) is 2. The number of aromatic hydroxyl groups is 1. The van der Waals surface area contributed by atoms with Gasteiger partial charge in [0.15, 0.2) is 0 Å². The highest BCUT2D eigenvalue weighted by atomic mass is 19.1. The standard InChI is InChI=1S/C8H6F2O3/c1-3-5(11)2-4(9)6(7(3)10)8(12)13/h2,11H,1H3,(H,12,13). The molecule has 0 bridgehead atoms. The van der Waals surface area contributed by atoms with E-state index in [-0.39, 0.29) is 5.56 Å². The zero-order valence-electron chi connectivity index (χ0n) is 6.64. The molecule has 0 spiro atoms. The molecule has 1 rings (SSSR count). The zero-order valence-corrected chi connectivity index (χ0v) is 6.64. The Kier molecular flexibility index (Phi) is 2.18. The maximum atomic E-state index is 13.0. The van der Waals surface area contributed by atoms with Gasteiger partial charge >= 0.3 is 5.97 Å². The normalized spacial score (nSPS) is 10.1. The van der Waals surface area contributed by atoms with Crippen LogP contribution in [0.4, 0.5) is 8.78 Å². The molecule has 0 unspecified atom stereocenters. The molecule has 1 aromatic carbocycles. The first-order valence-corrected chi connectivity index (χ1v) is 3.36. The molecule has 0 radical (unpaired) electrons. The lowest BCUT2D eigenvalue weighted by Gasteiger charge is -2.04. The van der Waals surface area contributed by atoms with Gasteiger partial charge in [-0.2, -0.15) is 0 Å². The largest absolute Gasteiger partial charge is 0.507 e. The second kappa shape index (κ2) is 3.01. The van der Waals surface area contributed by atoms with Crippen molar-refractivity contribution < 1.29 is 23.8 Å². The lowest BCUT2D eigenvalue weighted by Crippen LogP contribution is -2.06. The number of hydrogen-bond donors (Lipinski definition) is 2. The Hall–Kier alpha value is -1.65. The van der Waals surface area contributed by atoms with E-state index in [0.717, 1.165) is 6.92 Å². The van der Waals surface area contributed by atoms with Crippen LogP contribution < -0.4 is 0 Å². The molecule has 1 aromatic rings. The number of phenolic OH excluding ortho intramolecular Hbond substituents is 1. The van der Waals surface area contributed by atoms with Crippen molar-refractivity contribution in [3.63, 3.8) is 0 Å². The van der Waals surface area contributed by atoms with Crippen LogP contribution in [0.25, 0.3) is 0 Å². The monoisotopic (exact) mass is 188 g/mol. The zero-order chi connectivity index (χ0) is 10.2. The summed E-state index contributed by atoms with van der Waals surface area (Å²) in [5.41, 5.74) is -1.32. The predicted molar refractivity (Wildman–Crippen MR) is 39.7 cm³/mol. The van der Waals surface area contributed by atoms with Crippen LogP contribution >= 0.6 is 0 Å². The minimum atomic E-state index is -1.70. The first-order valence-electron chi connectivity index (χ1n) is 3.36. The van der Waals surface area contributed by atoms with Crippen molar-refractivity contribution in [1.29, 1.82) is 0 Å². The Morgan fingerprint density at radius 1 is 1.46 bits per heavy atom. The lowest BCUT2D eigenvalue weighted by atomic mass is 10.1. The second-order valence-electron chi connectivity index (χ2n) is 2.50. The lowest BCUT2D eigenvalue weighted by molar-refractivity contribution is 0.0686.